The van der Waals surface area contributed by atoms with Crippen LogP contribution in [-0.2, 0) is 0 Å². The quantitative estimate of drug-likeness (QED) is 0.221. The van der Waals surface area contributed by atoms with E-state index in [0.717, 1.165) is 35.7 Å². The van der Waals surface area contributed by atoms with Crippen LogP contribution in [0.2, 0.25) is 5.02 Å². The summed E-state index contributed by atoms with van der Waals surface area (Å²) in [5.41, 5.74) is 3.52. The average molecular weight is 640 g/mol. The molecule has 0 saturated carbocycles. The predicted molar refractivity (Wildman–Crippen MR) is 166 cm³/mol. The van der Waals surface area contributed by atoms with Gasteiger partial charge in [0.15, 0.2) is 5.11 Å². The number of aromatic nitrogens is 1. The molecule has 4 heterocycles. The zero-order valence-corrected chi connectivity index (χ0v) is 25.3. The van der Waals surface area contributed by atoms with Crippen LogP contribution in [0.5, 0.6) is 0 Å². The highest BCUT2D eigenvalue weighted by Gasteiger charge is 2.43. The Morgan fingerprint density at radius 3 is 2.55 bits per heavy atom. The smallest absolute Gasteiger partial charge is 0.174 e. The number of nitrogens with zero attached hydrogens (tertiary/aromatic N) is 3. The topological polar surface area (TPSA) is 44.5 Å². The first-order valence-electron chi connectivity index (χ1n) is 13.4. The van der Waals surface area contributed by atoms with Crippen LogP contribution in [-0.4, -0.2) is 23.2 Å². The van der Waals surface area contributed by atoms with Crippen molar-refractivity contribution in [2.24, 2.45) is 11.8 Å². The van der Waals surface area contributed by atoms with Gasteiger partial charge >= 0.3 is 0 Å². The van der Waals surface area contributed by atoms with Crippen molar-refractivity contribution in [1.29, 1.82) is 0 Å². The molecule has 2 aliphatic heterocycles. The Kier molecular flexibility index (Phi) is 7.59. The highest BCUT2D eigenvalue weighted by Crippen LogP contribution is 2.45. The number of pyridine rings is 1. The molecule has 2 fully saturated rings. The van der Waals surface area contributed by atoms with Crippen LogP contribution < -0.4 is 15.1 Å². The number of thiocarbonyl (C=S) groups is 1. The van der Waals surface area contributed by atoms with Gasteiger partial charge in [-0.2, -0.15) is 0 Å². The number of halogens is 3. The fourth-order valence-corrected chi connectivity index (χ4v) is 7.22. The Balaban J connectivity index is 1.39. The highest BCUT2D eigenvalue weighted by molar-refractivity contribution is 9.10. The van der Waals surface area contributed by atoms with Crippen molar-refractivity contribution in [3.05, 3.63) is 99.7 Å². The fourth-order valence-electron chi connectivity index (χ4n) is 6.03. The molecule has 4 atom stereocenters. The number of nitrogens with one attached hydrogen (secondary N) is 1. The summed E-state index contributed by atoms with van der Waals surface area (Å²) in [6.45, 7) is 6.57. The molecule has 0 aliphatic carbocycles. The minimum Gasteiger partial charge on any atom is -0.459 e. The van der Waals surface area contributed by atoms with Crippen LogP contribution >= 0.6 is 39.7 Å². The van der Waals surface area contributed by atoms with Crippen LogP contribution in [0.25, 0.3) is 11.3 Å². The van der Waals surface area contributed by atoms with Crippen molar-refractivity contribution in [1.82, 2.24) is 10.3 Å². The number of piperidine rings is 1. The SMILES string of the molecule is CC1CC(C)CN(c2ccc(N3C(=S)NC(c4ccccn4)C3c3ccc(-c4ccc(F)cc4Br)o3)cc2Cl)C1. The van der Waals surface area contributed by atoms with Crippen molar-refractivity contribution >= 4 is 56.2 Å². The molecule has 4 unspecified atom stereocenters. The Hall–Kier alpha value is -2.94. The molecule has 0 amide bonds. The van der Waals surface area contributed by atoms with Gasteiger partial charge in [0.05, 0.1) is 22.4 Å². The van der Waals surface area contributed by atoms with Gasteiger partial charge in [-0.15, -0.1) is 0 Å². The maximum atomic E-state index is 13.7. The van der Waals surface area contributed by atoms with E-state index in [-0.39, 0.29) is 17.9 Å². The number of hydrogen-bond acceptors (Lipinski definition) is 4. The summed E-state index contributed by atoms with van der Waals surface area (Å²) < 4.78 is 20.8. The Morgan fingerprint density at radius 1 is 1.05 bits per heavy atom. The van der Waals surface area contributed by atoms with Crippen molar-refractivity contribution in [2.75, 3.05) is 22.9 Å². The van der Waals surface area contributed by atoms with E-state index < -0.39 is 0 Å². The Bertz CT molecular complexity index is 1540. The molecular formula is C31H29BrClFN4OS. The van der Waals surface area contributed by atoms with E-state index in [9.17, 15) is 4.39 Å². The van der Waals surface area contributed by atoms with Gasteiger partial charge in [0.2, 0.25) is 0 Å². The fraction of sp³-hybridized carbons (Fsp3) is 0.290. The molecule has 4 aromatic rings. The molecule has 2 aromatic carbocycles. The number of anilines is 2. The molecule has 2 saturated heterocycles. The van der Waals surface area contributed by atoms with E-state index in [0.29, 0.717) is 38.0 Å². The molecule has 0 radical (unpaired) electrons. The summed E-state index contributed by atoms with van der Waals surface area (Å²) in [5, 5.41) is 4.72. The number of benzene rings is 2. The van der Waals surface area contributed by atoms with Gasteiger partial charge in [-0.05, 0) is 107 Å². The average Bonchev–Trinajstić information content (AvgIpc) is 3.53. The van der Waals surface area contributed by atoms with E-state index in [1.807, 2.05) is 41.3 Å². The Morgan fingerprint density at radius 2 is 1.85 bits per heavy atom. The number of hydrogen-bond donors (Lipinski definition) is 1. The second-order valence-corrected chi connectivity index (χ2v) is 12.5. The third kappa shape index (κ3) is 5.24. The summed E-state index contributed by atoms with van der Waals surface area (Å²) >= 11 is 16.3. The summed E-state index contributed by atoms with van der Waals surface area (Å²) in [5.74, 6) is 2.25. The highest BCUT2D eigenvalue weighted by atomic mass is 79.9. The molecular weight excluding hydrogens is 611 g/mol. The minimum atomic E-state index is -0.327. The van der Waals surface area contributed by atoms with E-state index in [1.165, 1.54) is 18.6 Å². The van der Waals surface area contributed by atoms with E-state index >= 15 is 0 Å². The molecule has 40 heavy (non-hydrogen) atoms. The van der Waals surface area contributed by atoms with Crippen LogP contribution in [0.15, 0.2) is 81.8 Å². The van der Waals surface area contributed by atoms with Gasteiger partial charge in [-0.25, -0.2) is 4.39 Å². The van der Waals surface area contributed by atoms with Gasteiger partial charge in [0, 0.05) is 35.0 Å². The normalized spacial score (nSPS) is 23.0. The largest absolute Gasteiger partial charge is 0.459 e. The van der Waals surface area contributed by atoms with Crippen LogP contribution in [0.3, 0.4) is 0 Å². The lowest BCUT2D eigenvalue weighted by Crippen LogP contribution is -2.38. The van der Waals surface area contributed by atoms with Gasteiger partial charge in [0.25, 0.3) is 0 Å². The first kappa shape index (κ1) is 27.2. The van der Waals surface area contributed by atoms with Gasteiger partial charge in [-0.1, -0.05) is 31.5 Å². The molecule has 0 bridgehead atoms. The van der Waals surface area contributed by atoms with E-state index in [1.54, 1.807) is 12.3 Å². The molecule has 1 N–H and O–H groups in total. The zero-order chi connectivity index (χ0) is 28.0. The summed E-state index contributed by atoms with van der Waals surface area (Å²) in [4.78, 5) is 9.06. The van der Waals surface area contributed by atoms with Crippen molar-refractivity contribution in [3.8, 4) is 11.3 Å². The molecule has 206 valence electrons. The second kappa shape index (κ2) is 11.1. The van der Waals surface area contributed by atoms with E-state index in [2.05, 4.69) is 57.1 Å². The molecule has 2 aliphatic rings. The van der Waals surface area contributed by atoms with Gasteiger partial charge < -0.3 is 19.5 Å². The van der Waals surface area contributed by atoms with Crippen molar-refractivity contribution < 1.29 is 8.81 Å². The molecule has 6 rings (SSSR count). The molecule has 0 spiro atoms. The lowest BCUT2D eigenvalue weighted by molar-refractivity contribution is 0.357. The van der Waals surface area contributed by atoms with Gasteiger partial charge in [-0.3, -0.25) is 4.98 Å². The molecule has 2 aromatic heterocycles. The zero-order valence-electron chi connectivity index (χ0n) is 22.2. The van der Waals surface area contributed by atoms with Crippen LogP contribution in [0.4, 0.5) is 15.8 Å². The van der Waals surface area contributed by atoms with Crippen LogP contribution in [0, 0.1) is 17.7 Å². The molecule has 5 nitrogen and oxygen atoms in total. The lowest BCUT2D eigenvalue weighted by Gasteiger charge is -2.37. The van der Waals surface area contributed by atoms with Crippen LogP contribution in [0.1, 0.15) is 43.8 Å². The lowest BCUT2D eigenvalue weighted by atomic mass is 9.91. The van der Waals surface area contributed by atoms with Gasteiger partial charge in [0.1, 0.15) is 23.4 Å². The first-order valence-corrected chi connectivity index (χ1v) is 15.0. The van der Waals surface area contributed by atoms with Crippen molar-refractivity contribution in [2.45, 2.75) is 32.4 Å². The first-order chi connectivity index (χ1) is 19.3. The van der Waals surface area contributed by atoms with E-state index in [4.69, 9.17) is 28.2 Å². The summed E-state index contributed by atoms with van der Waals surface area (Å²) in [6, 6.07) is 19.8. The third-order valence-corrected chi connectivity index (χ3v) is 8.91. The predicted octanol–water partition coefficient (Wildman–Crippen LogP) is 8.56. The standard InChI is InChI=1S/C31H29BrClFN4OS/c1-18-13-19(2)17-37(16-18)26-9-7-21(15-24(26)33)38-30(29(36-31(38)40)25-5-3-4-12-35-25)28-11-10-27(39-28)22-8-6-20(34)14-23(22)32/h3-12,14-15,18-19,29-30H,13,16-17H2,1-2H3,(H,36,40). The van der Waals surface area contributed by atoms with Crippen molar-refractivity contribution in [3.63, 3.8) is 0 Å². The summed E-state index contributed by atoms with van der Waals surface area (Å²) in [6.07, 6.45) is 3.01. The third-order valence-electron chi connectivity index (χ3n) is 7.63. The monoisotopic (exact) mass is 638 g/mol. The number of furan rings is 1. The minimum absolute atomic E-state index is 0.258. The number of rotatable bonds is 5. The maximum Gasteiger partial charge on any atom is 0.174 e. The maximum absolute atomic E-state index is 13.7. The summed E-state index contributed by atoms with van der Waals surface area (Å²) in [7, 11) is 0. The second-order valence-electron chi connectivity index (χ2n) is 10.8. The molecule has 9 heteroatoms. The Labute approximate surface area is 252 Å².